The number of halogens is 2. The van der Waals surface area contributed by atoms with Crippen LogP contribution in [0.15, 0.2) is 54.6 Å². The van der Waals surface area contributed by atoms with Crippen LogP contribution < -0.4 is 0 Å². The highest BCUT2D eigenvalue weighted by atomic mass is 19.3. The van der Waals surface area contributed by atoms with E-state index in [4.69, 9.17) is 4.74 Å². The maximum Gasteiger partial charge on any atom is 0.261 e. The number of ether oxygens (including phenoxy) is 1. The molecule has 1 aliphatic carbocycles. The van der Waals surface area contributed by atoms with Crippen molar-refractivity contribution in [2.45, 2.75) is 38.7 Å². The molecule has 4 nitrogen and oxygen atoms in total. The number of fused-ring (bicyclic) bond motifs is 3. The molecule has 0 radical (unpaired) electrons. The average molecular weight is 465 g/mol. The number of nitrogens with zero attached hydrogens (tertiary/aromatic N) is 2. The molecule has 2 aliphatic rings. The van der Waals surface area contributed by atoms with E-state index in [2.05, 4.69) is 34.9 Å². The first kappa shape index (κ1) is 22.8. The van der Waals surface area contributed by atoms with Crippen molar-refractivity contribution in [3.05, 3.63) is 77.0 Å². The summed E-state index contributed by atoms with van der Waals surface area (Å²) in [5.74, 6) is -1.93. The van der Waals surface area contributed by atoms with Crippen LogP contribution in [0.1, 0.15) is 46.9 Å². The highest BCUT2D eigenvalue weighted by molar-refractivity contribution is 6.11. The second kappa shape index (κ2) is 8.99. The maximum absolute atomic E-state index is 13.7. The molecule has 0 N–H and O–H groups in total. The Labute approximate surface area is 198 Å². The molecule has 34 heavy (non-hydrogen) atoms. The van der Waals surface area contributed by atoms with Crippen molar-refractivity contribution in [2.24, 2.45) is 5.92 Å². The minimum atomic E-state index is -2.63. The standard InChI is InChI=1S/C28H30F2N2O2/c1-3-25(34-2)20-10-8-19(9-11-20)16-32-23-7-5-4-6-22(23)26-24(32)13-12-21(27(26)33)17-31-15-14-28(29,30)18-31/h3-11,21H,12-18H2,1-2H3. The van der Waals surface area contributed by atoms with Crippen molar-refractivity contribution in [3.8, 4) is 0 Å². The van der Waals surface area contributed by atoms with Gasteiger partial charge in [0.2, 0.25) is 0 Å². The lowest BCUT2D eigenvalue weighted by molar-refractivity contribution is 0.0106. The fourth-order valence-electron chi connectivity index (χ4n) is 5.53. The molecule has 1 aliphatic heterocycles. The van der Waals surface area contributed by atoms with Crippen molar-refractivity contribution in [1.29, 1.82) is 0 Å². The monoisotopic (exact) mass is 464 g/mol. The summed E-state index contributed by atoms with van der Waals surface area (Å²) in [5, 5.41) is 0.964. The summed E-state index contributed by atoms with van der Waals surface area (Å²) in [5.41, 5.74) is 5.06. The summed E-state index contributed by atoms with van der Waals surface area (Å²) < 4.78 is 35.0. The Morgan fingerprint density at radius 1 is 1.18 bits per heavy atom. The van der Waals surface area contributed by atoms with Crippen molar-refractivity contribution in [3.63, 3.8) is 0 Å². The molecule has 3 aromatic rings. The van der Waals surface area contributed by atoms with Gasteiger partial charge in [-0.25, -0.2) is 8.78 Å². The first-order valence-electron chi connectivity index (χ1n) is 11.9. The number of para-hydroxylation sites is 1. The number of allylic oxidation sites excluding steroid dienone is 1. The third-order valence-corrected chi connectivity index (χ3v) is 7.21. The van der Waals surface area contributed by atoms with Gasteiger partial charge in [0, 0.05) is 59.7 Å². The van der Waals surface area contributed by atoms with Crippen LogP contribution in [0.4, 0.5) is 8.78 Å². The molecule has 1 atom stereocenters. The average Bonchev–Trinajstić information content (AvgIpc) is 3.34. The molecule has 6 heteroatoms. The van der Waals surface area contributed by atoms with E-state index >= 15 is 0 Å². The smallest absolute Gasteiger partial charge is 0.261 e. The van der Waals surface area contributed by atoms with Gasteiger partial charge < -0.3 is 9.30 Å². The van der Waals surface area contributed by atoms with Crippen molar-refractivity contribution < 1.29 is 18.3 Å². The van der Waals surface area contributed by atoms with E-state index in [1.165, 1.54) is 0 Å². The van der Waals surface area contributed by atoms with Crippen LogP contribution in [0.2, 0.25) is 0 Å². The maximum atomic E-state index is 13.7. The van der Waals surface area contributed by atoms with Crippen molar-refractivity contribution in [2.75, 3.05) is 26.7 Å². The highest BCUT2D eigenvalue weighted by Gasteiger charge is 2.41. The number of ketones is 1. The predicted octanol–water partition coefficient (Wildman–Crippen LogP) is 5.78. The van der Waals surface area contributed by atoms with E-state index in [1.54, 1.807) is 12.0 Å². The lowest BCUT2D eigenvalue weighted by Crippen LogP contribution is -2.36. The fraction of sp³-hybridized carbons (Fsp3) is 0.393. The fourth-order valence-corrected chi connectivity index (χ4v) is 5.53. The molecule has 5 rings (SSSR count). The number of alkyl halides is 2. The molecule has 178 valence electrons. The summed E-state index contributed by atoms with van der Waals surface area (Å²) in [7, 11) is 1.67. The van der Waals surface area contributed by atoms with Gasteiger partial charge in [0.25, 0.3) is 5.92 Å². The summed E-state index contributed by atoms with van der Waals surface area (Å²) in [6.45, 7) is 3.16. The Bertz CT molecular complexity index is 1240. The summed E-state index contributed by atoms with van der Waals surface area (Å²) >= 11 is 0. The molecular weight excluding hydrogens is 434 g/mol. The Hall–Kier alpha value is -2.99. The molecule has 0 spiro atoms. The number of hydrogen-bond donors (Lipinski definition) is 0. The van der Waals surface area contributed by atoms with Gasteiger partial charge in [0.05, 0.1) is 13.7 Å². The minimum absolute atomic E-state index is 0.0968. The second-order valence-corrected chi connectivity index (χ2v) is 9.42. The van der Waals surface area contributed by atoms with E-state index in [0.717, 1.165) is 45.5 Å². The second-order valence-electron chi connectivity index (χ2n) is 9.42. The molecule has 1 saturated heterocycles. The zero-order valence-corrected chi connectivity index (χ0v) is 19.7. The topological polar surface area (TPSA) is 34.5 Å². The number of rotatable bonds is 6. The van der Waals surface area contributed by atoms with E-state index in [0.29, 0.717) is 26.1 Å². The molecule has 0 saturated carbocycles. The van der Waals surface area contributed by atoms with Gasteiger partial charge in [-0.1, -0.05) is 42.5 Å². The quantitative estimate of drug-likeness (QED) is 0.434. The first-order chi connectivity index (χ1) is 16.4. The van der Waals surface area contributed by atoms with Gasteiger partial charge in [-0.3, -0.25) is 9.69 Å². The molecule has 1 aromatic heterocycles. The highest BCUT2D eigenvalue weighted by Crippen LogP contribution is 2.36. The number of likely N-dealkylation sites (tertiary alicyclic amines) is 1. The van der Waals surface area contributed by atoms with Crippen molar-refractivity contribution >= 4 is 22.4 Å². The molecule has 2 heterocycles. The molecule has 0 amide bonds. The van der Waals surface area contributed by atoms with Crippen LogP contribution in [0.3, 0.4) is 0 Å². The molecule has 0 bridgehead atoms. The van der Waals surface area contributed by atoms with Crippen LogP contribution in [0.5, 0.6) is 0 Å². The van der Waals surface area contributed by atoms with E-state index in [9.17, 15) is 13.6 Å². The normalized spacial score (nSPS) is 20.6. The molecule has 1 fully saturated rings. The van der Waals surface area contributed by atoms with E-state index < -0.39 is 5.92 Å². The van der Waals surface area contributed by atoms with Gasteiger partial charge >= 0.3 is 0 Å². The van der Waals surface area contributed by atoms with Crippen LogP contribution >= 0.6 is 0 Å². The number of aromatic nitrogens is 1. The Balaban J connectivity index is 1.44. The Morgan fingerprint density at radius 3 is 2.62 bits per heavy atom. The SMILES string of the molecule is CC=C(OC)c1ccc(Cn2c3c(c4ccccc42)C(=O)C(CN2CCC(F)(F)C2)CC3)cc1. The van der Waals surface area contributed by atoms with E-state index in [-0.39, 0.29) is 24.7 Å². The number of methoxy groups -OCH3 is 1. The molecule has 2 aromatic carbocycles. The Kier molecular flexibility index (Phi) is 6.02. The lowest BCUT2D eigenvalue weighted by atomic mass is 9.84. The third-order valence-electron chi connectivity index (χ3n) is 7.21. The van der Waals surface area contributed by atoms with Gasteiger partial charge in [-0.05, 0) is 37.5 Å². The van der Waals surface area contributed by atoms with Gasteiger partial charge in [-0.2, -0.15) is 0 Å². The minimum Gasteiger partial charge on any atom is -0.496 e. The third kappa shape index (κ3) is 4.16. The number of hydrogen-bond acceptors (Lipinski definition) is 3. The van der Waals surface area contributed by atoms with E-state index in [1.807, 2.05) is 31.2 Å². The zero-order valence-electron chi connectivity index (χ0n) is 19.7. The summed E-state index contributed by atoms with van der Waals surface area (Å²) in [6, 6.07) is 16.3. The zero-order chi connectivity index (χ0) is 23.9. The van der Waals surface area contributed by atoms with Gasteiger partial charge in [0.1, 0.15) is 5.76 Å². The van der Waals surface area contributed by atoms with Gasteiger partial charge in [-0.15, -0.1) is 0 Å². The lowest BCUT2D eigenvalue weighted by Gasteiger charge is -2.27. The number of benzene rings is 2. The molecule has 1 unspecified atom stereocenters. The van der Waals surface area contributed by atoms with Crippen LogP contribution in [-0.4, -0.2) is 47.9 Å². The first-order valence-corrected chi connectivity index (χ1v) is 11.9. The molecular formula is C28H30F2N2O2. The number of carbonyl (C=O) groups is 1. The predicted molar refractivity (Wildman–Crippen MR) is 130 cm³/mol. The van der Waals surface area contributed by atoms with Gasteiger partial charge in [0.15, 0.2) is 5.78 Å². The Morgan fingerprint density at radius 2 is 1.94 bits per heavy atom. The van der Waals surface area contributed by atoms with Crippen LogP contribution in [0, 0.1) is 5.92 Å². The largest absolute Gasteiger partial charge is 0.496 e. The van der Waals surface area contributed by atoms with Crippen LogP contribution in [-0.2, 0) is 17.7 Å². The number of carbonyl (C=O) groups excluding carboxylic acids is 1. The van der Waals surface area contributed by atoms with Crippen LogP contribution in [0.25, 0.3) is 16.7 Å². The summed E-state index contributed by atoms with van der Waals surface area (Å²) in [4.78, 5) is 15.3. The van der Waals surface area contributed by atoms with Crippen molar-refractivity contribution in [1.82, 2.24) is 9.47 Å². The number of Topliss-reactive ketones (excluding diaryl/α,β-unsaturated/α-hetero) is 1. The summed E-state index contributed by atoms with van der Waals surface area (Å²) in [6.07, 6.45) is 3.30.